The Labute approximate surface area is 113 Å². The van der Waals surface area contributed by atoms with Crippen LogP contribution >= 0.6 is 0 Å². The van der Waals surface area contributed by atoms with E-state index in [1.807, 2.05) is 25.2 Å². The van der Waals surface area contributed by atoms with Gasteiger partial charge < -0.3 is 15.1 Å². The highest BCUT2D eigenvalue weighted by molar-refractivity contribution is 5.59. The van der Waals surface area contributed by atoms with Gasteiger partial charge in [-0.2, -0.15) is 0 Å². The van der Waals surface area contributed by atoms with Gasteiger partial charge in [0.2, 0.25) is 5.89 Å². The van der Waals surface area contributed by atoms with E-state index in [2.05, 4.69) is 47.7 Å². The van der Waals surface area contributed by atoms with Crippen LogP contribution in [-0.2, 0) is 12.0 Å². The summed E-state index contributed by atoms with van der Waals surface area (Å²) in [4.78, 5) is 0. The molecule has 0 saturated carbocycles. The molecule has 2 N–H and O–H groups in total. The molecule has 0 unspecified atom stereocenters. The van der Waals surface area contributed by atoms with Crippen molar-refractivity contribution in [3.63, 3.8) is 0 Å². The van der Waals surface area contributed by atoms with Crippen LogP contribution < -0.4 is 10.6 Å². The molecule has 0 aliphatic carbocycles. The van der Waals surface area contributed by atoms with Crippen LogP contribution in [0.1, 0.15) is 32.2 Å². The van der Waals surface area contributed by atoms with E-state index in [0.29, 0.717) is 18.5 Å². The molecule has 2 rings (SSSR count). The summed E-state index contributed by atoms with van der Waals surface area (Å²) in [6.07, 6.45) is 0. The molecule has 0 radical (unpaired) electrons. The van der Waals surface area contributed by atoms with Gasteiger partial charge in [-0.25, -0.2) is 0 Å². The minimum absolute atomic E-state index is 0.0530. The molecule has 0 bridgehead atoms. The lowest BCUT2D eigenvalue weighted by atomic mass is 9.86. The summed E-state index contributed by atoms with van der Waals surface area (Å²) in [6, 6.07) is 8.56. The lowest BCUT2D eigenvalue weighted by Gasteiger charge is -2.22. The smallest absolute Gasteiger partial charge is 0.320 e. The van der Waals surface area contributed by atoms with Crippen molar-refractivity contribution in [2.45, 2.75) is 32.7 Å². The molecular formula is C14H20N4O. The standard InChI is InChI=1S/C14H20N4O/c1-14(2,3)10-7-5-6-8-11(10)16-13-18-17-12(19-13)9-15-4/h5-8,15H,9H2,1-4H3,(H,16,18). The topological polar surface area (TPSA) is 63.0 Å². The van der Waals surface area contributed by atoms with Crippen LogP contribution in [0.4, 0.5) is 11.7 Å². The van der Waals surface area contributed by atoms with Gasteiger partial charge in [0.25, 0.3) is 0 Å². The summed E-state index contributed by atoms with van der Waals surface area (Å²) in [6.45, 7) is 7.09. The normalized spacial score (nSPS) is 11.6. The Kier molecular flexibility index (Phi) is 3.85. The molecule has 19 heavy (non-hydrogen) atoms. The van der Waals surface area contributed by atoms with Crippen molar-refractivity contribution in [2.24, 2.45) is 0 Å². The fraction of sp³-hybridized carbons (Fsp3) is 0.429. The van der Waals surface area contributed by atoms with Crippen molar-refractivity contribution >= 4 is 11.7 Å². The summed E-state index contributed by atoms with van der Waals surface area (Å²) in [7, 11) is 1.84. The highest BCUT2D eigenvalue weighted by atomic mass is 16.4. The zero-order chi connectivity index (χ0) is 13.9. The number of para-hydroxylation sites is 1. The first kappa shape index (κ1) is 13.5. The molecule has 0 atom stereocenters. The van der Waals surface area contributed by atoms with Gasteiger partial charge in [0.05, 0.1) is 6.54 Å². The van der Waals surface area contributed by atoms with E-state index in [1.165, 1.54) is 5.56 Å². The van der Waals surface area contributed by atoms with E-state index < -0.39 is 0 Å². The van der Waals surface area contributed by atoms with Crippen LogP contribution in [0.25, 0.3) is 0 Å². The minimum atomic E-state index is 0.0530. The molecule has 0 fully saturated rings. The van der Waals surface area contributed by atoms with Gasteiger partial charge in [0.1, 0.15) is 0 Å². The van der Waals surface area contributed by atoms with Crippen LogP contribution in [0.5, 0.6) is 0 Å². The summed E-state index contributed by atoms with van der Waals surface area (Å²) in [5, 5.41) is 14.1. The van der Waals surface area contributed by atoms with E-state index in [4.69, 9.17) is 4.42 Å². The van der Waals surface area contributed by atoms with E-state index in [0.717, 1.165) is 5.69 Å². The largest absolute Gasteiger partial charge is 0.406 e. The van der Waals surface area contributed by atoms with Crippen LogP contribution in [0.15, 0.2) is 28.7 Å². The molecule has 0 aliphatic heterocycles. The Balaban J connectivity index is 2.23. The third-order valence-corrected chi connectivity index (χ3v) is 2.77. The Bertz CT molecular complexity index is 542. The first-order valence-electron chi connectivity index (χ1n) is 6.34. The predicted molar refractivity (Wildman–Crippen MR) is 75.5 cm³/mol. The van der Waals surface area contributed by atoms with Gasteiger partial charge in [-0.3, -0.25) is 0 Å². The van der Waals surface area contributed by atoms with Gasteiger partial charge in [-0.05, 0) is 24.1 Å². The third-order valence-electron chi connectivity index (χ3n) is 2.77. The maximum Gasteiger partial charge on any atom is 0.320 e. The average molecular weight is 260 g/mol. The maximum atomic E-state index is 5.50. The Hall–Kier alpha value is -1.88. The summed E-state index contributed by atoms with van der Waals surface area (Å²) in [5.74, 6) is 0.568. The second kappa shape index (κ2) is 5.40. The Morgan fingerprint density at radius 3 is 2.58 bits per heavy atom. The second-order valence-corrected chi connectivity index (χ2v) is 5.45. The molecule has 2 aromatic rings. The van der Waals surface area contributed by atoms with E-state index in [-0.39, 0.29) is 5.41 Å². The fourth-order valence-electron chi connectivity index (χ4n) is 1.89. The molecule has 0 saturated heterocycles. The number of rotatable bonds is 4. The van der Waals surface area contributed by atoms with Crippen molar-refractivity contribution in [2.75, 3.05) is 12.4 Å². The highest BCUT2D eigenvalue weighted by Gasteiger charge is 2.18. The minimum Gasteiger partial charge on any atom is -0.406 e. The number of benzene rings is 1. The van der Waals surface area contributed by atoms with Gasteiger partial charge in [-0.15, -0.1) is 5.10 Å². The monoisotopic (exact) mass is 260 g/mol. The van der Waals surface area contributed by atoms with E-state index in [1.54, 1.807) is 0 Å². The van der Waals surface area contributed by atoms with Gasteiger partial charge in [0, 0.05) is 5.69 Å². The lowest BCUT2D eigenvalue weighted by molar-refractivity contribution is 0.492. The first-order valence-corrected chi connectivity index (χ1v) is 6.34. The number of hydrogen-bond acceptors (Lipinski definition) is 5. The molecule has 0 amide bonds. The molecule has 102 valence electrons. The SMILES string of the molecule is CNCc1nnc(Nc2ccccc2C(C)(C)C)o1. The van der Waals surface area contributed by atoms with Crippen LogP contribution in [0.2, 0.25) is 0 Å². The number of nitrogens with one attached hydrogen (secondary N) is 2. The molecular weight excluding hydrogens is 240 g/mol. The summed E-state index contributed by atoms with van der Waals surface area (Å²) < 4.78 is 5.50. The molecule has 0 aliphatic rings. The number of aromatic nitrogens is 2. The van der Waals surface area contributed by atoms with E-state index in [9.17, 15) is 0 Å². The summed E-state index contributed by atoms with van der Waals surface area (Å²) >= 11 is 0. The molecule has 5 heteroatoms. The summed E-state index contributed by atoms with van der Waals surface area (Å²) in [5.41, 5.74) is 2.26. The lowest BCUT2D eigenvalue weighted by Crippen LogP contribution is -2.13. The number of hydrogen-bond donors (Lipinski definition) is 2. The third kappa shape index (κ3) is 3.32. The van der Waals surface area contributed by atoms with Crippen molar-refractivity contribution in [1.82, 2.24) is 15.5 Å². The molecule has 1 heterocycles. The zero-order valence-corrected chi connectivity index (χ0v) is 11.8. The molecule has 0 spiro atoms. The van der Waals surface area contributed by atoms with Crippen molar-refractivity contribution < 1.29 is 4.42 Å². The second-order valence-electron chi connectivity index (χ2n) is 5.45. The van der Waals surface area contributed by atoms with Gasteiger partial charge >= 0.3 is 6.01 Å². The van der Waals surface area contributed by atoms with E-state index >= 15 is 0 Å². The first-order chi connectivity index (χ1) is 9.00. The van der Waals surface area contributed by atoms with Crippen molar-refractivity contribution in [1.29, 1.82) is 0 Å². The van der Waals surface area contributed by atoms with Gasteiger partial charge in [-0.1, -0.05) is 44.1 Å². The number of nitrogens with zero attached hydrogens (tertiary/aromatic N) is 2. The highest BCUT2D eigenvalue weighted by Crippen LogP contribution is 2.30. The Morgan fingerprint density at radius 1 is 1.16 bits per heavy atom. The molecule has 5 nitrogen and oxygen atoms in total. The predicted octanol–water partition coefficient (Wildman–Crippen LogP) is 2.83. The van der Waals surface area contributed by atoms with Crippen LogP contribution in [-0.4, -0.2) is 17.2 Å². The van der Waals surface area contributed by atoms with Crippen LogP contribution in [0.3, 0.4) is 0 Å². The molecule has 1 aromatic carbocycles. The fourth-order valence-corrected chi connectivity index (χ4v) is 1.89. The van der Waals surface area contributed by atoms with Gasteiger partial charge in [0.15, 0.2) is 0 Å². The average Bonchev–Trinajstić information content (AvgIpc) is 2.76. The molecule has 1 aromatic heterocycles. The van der Waals surface area contributed by atoms with Crippen LogP contribution in [0, 0.1) is 0 Å². The van der Waals surface area contributed by atoms with Crippen molar-refractivity contribution in [3.05, 3.63) is 35.7 Å². The van der Waals surface area contributed by atoms with Crippen molar-refractivity contribution in [3.8, 4) is 0 Å². The number of anilines is 2. The Morgan fingerprint density at radius 2 is 1.89 bits per heavy atom. The maximum absolute atomic E-state index is 5.50. The zero-order valence-electron chi connectivity index (χ0n) is 11.8. The quantitative estimate of drug-likeness (QED) is 0.885.